The normalized spacial score (nSPS) is 17.8. The lowest BCUT2D eigenvalue weighted by Gasteiger charge is -2.14. The molecule has 2 aromatic rings. The smallest absolute Gasteiger partial charge is 0.230 e. The summed E-state index contributed by atoms with van der Waals surface area (Å²) < 4.78 is 7.82. The fraction of sp³-hybridized carbons (Fsp3) is 0.500. The zero-order valence-electron chi connectivity index (χ0n) is 12.3. The Morgan fingerprint density at radius 1 is 1.59 bits per heavy atom. The van der Waals surface area contributed by atoms with Crippen molar-refractivity contribution in [2.75, 3.05) is 19.4 Å². The summed E-state index contributed by atoms with van der Waals surface area (Å²) >= 11 is 3.05. The maximum Gasteiger partial charge on any atom is 0.230 e. The number of rotatable bonds is 6. The van der Waals surface area contributed by atoms with Crippen LogP contribution in [0, 0.1) is 0 Å². The Morgan fingerprint density at radius 3 is 3.18 bits per heavy atom. The SMILES string of the molecule is CNC(=O)CSc1nnc(-c2cccs2)n1CC1CCCO1. The highest BCUT2D eigenvalue weighted by Gasteiger charge is 2.22. The molecule has 3 heterocycles. The lowest BCUT2D eigenvalue weighted by molar-refractivity contribution is -0.118. The number of ether oxygens (including phenoxy) is 1. The topological polar surface area (TPSA) is 69.0 Å². The quantitative estimate of drug-likeness (QED) is 0.816. The van der Waals surface area contributed by atoms with Gasteiger partial charge < -0.3 is 10.1 Å². The molecule has 1 fully saturated rings. The predicted molar refractivity (Wildman–Crippen MR) is 87.1 cm³/mol. The Kier molecular flexibility index (Phi) is 5.12. The monoisotopic (exact) mass is 338 g/mol. The van der Waals surface area contributed by atoms with E-state index in [-0.39, 0.29) is 12.0 Å². The van der Waals surface area contributed by atoms with Crippen molar-refractivity contribution in [2.45, 2.75) is 30.6 Å². The number of carbonyl (C=O) groups excluding carboxylic acids is 1. The Morgan fingerprint density at radius 2 is 2.50 bits per heavy atom. The number of thioether (sulfide) groups is 1. The van der Waals surface area contributed by atoms with Crippen molar-refractivity contribution in [3.8, 4) is 10.7 Å². The molecule has 1 N–H and O–H groups in total. The van der Waals surface area contributed by atoms with Gasteiger partial charge in [0.1, 0.15) is 0 Å². The second-order valence-corrected chi connectivity index (χ2v) is 6.88. The number of aromatic nitrogens is 3. The molecule has 1 aliphatic heterocycles. The standard InChI is InChI=1S/C14H18N4O2S2/c1-15-12(19)9-22-14-17-16-13(11-5-3-7-21-11)18(14)8-10-4-2-6-20-10/h3,5,7,10H,2,4,6,8-9H2,1H3,(H,15,19). The molecule has 2 aromatic heterocycles. The average Bonchev–Trinajstić information content (AvgIpc) is 3.27. The highest BCUT2D eigenvalue weighted by molar-refractivity contribution is 7.99. The molecule has 0 aromatic carbocycles. The van der Waals surface area contributed by atoms with Crippen molar-refractivity contribution < 1.29 is 9.53 Å². The van der Waals surface area contributed by atoms with Gasteiger partial charge in [0.05, 0.1) is 23.3 Å². The van der Waals surface area contributed by atoms with E-state index in [9.17, 15) is 4.79 Å². The van der Waals surface area contributed by atoms with Crippen LogP contribution in [0.25, 0.3) is 10.7 Å². The van der Waals surface area contributed by atoms with E-state index in [2.05, 4.69) is 20.1 Å². The molecule has 1 unspecified atom stereocenters. The molecule has 0 bridgehead atoms. The molecule has 0 spiro atoms. The second-order valence-electron chi connectivity index (χ2n) is 4.99. The summed E-state index contributed by atoms with van der Waals surface area (Å²) in [4.78, 5) is 12.5. The van der Waals surface area contributed by atoms with Crippen LogP contribution in [0.5, 0.6) is 0 Å². The molecule has 3 rings (SSSR count). The van der Waals surface area contributed by atoms with Gasteiger partial charge in [0.15, 0.2) is 11.0 Å². The molecule has 118 valence electrons. The first kappa shape index (κ1) is 15.5. The summed E-state index contributed by atoms with van der Waals surface area (Å²) in [6.45, 7) is 1.55. The summed E-state index contributed by atoms with van der Waals surface area (Å²) in [6.07, 6.45) is 2.36. The van der Waals surface area contributed by atoms with Crippen molar-refractivity contribution in [3.63, 3.8) is 0 Å². The fourth-order valence-electron chi connectivity index (χ4n) is 2.34. The van der Waals surface area contributed by atoms with E-state index in [4.69, 9.17) is 4.74 Å². The first-order valence-electron chi connectivity index (χ1n) is 7.20. The van der Waals surface area contributed by atoms with Gasteiger partial charge in [-0.2, -0.15) is 0 Å². The fourth-order valence-corrected chi connectivity index (χ4v) is 3.88. The molecular weight excluding hydrogens is 320 g/mol. The van der Waals surface area contributed by atoms with Gasteiger partial charge in [0.2, 0.25) is 5.91 Å². The van der Waals surface area contributed by atoms with Crippen LogP contribution in [-0.2, 0) is 16.1 Å². The first-order valence-corrected chi connectivity index (χ1v) is 9.06. The van der Waals surface area contributed by atoms with E-state index < -0.39 is 0 Å². The van der Waals surface area contributed by atoms with Gasteiger partial charge >= 0.3 is 0 Å². The van der Waals surface area contributed by atoms with Crippen LogP contribution in [0.15, 0.2) is 22.7 Å². The van der Waals surface area contributed by atoms with E-state index in [1.807, 2.05) is 17.5 Å². The number of hydrogen-bond acceptors (Lipinski definition) is 6. The molecule has 0 radical (unpaired) electrons. The van der Waals surface area contributed by atoms with Gasteiger partial charge in [-0.05, 0) is 24.3 Å². The first-order chi connectivity index (χ1) is 10.8. The molecule has 6 nitrogen and oxygen atoms in total. The highest BCUT2D eigenvalue weighted by atomic mass is 32.2. The molecule has 1 amide bonds. The van der Waals surface area contributed by atoms with Crippen LogP contribution in [0.2, 0.25) is 0 Å². The number of amides is 1. The van der Waals surface area contributed by atoms with Gasteiger partial charge in [-0.3, -0.25) is 9.36 Å². The number of carbonyl (C=O) groups is 1. The lowest BCUT2D eigenvalue weighted by Crippen LogP contribution is -2.21. The van der Waals surface area contributed by atoms with E-state index in [1.165, 1.54) is 11.8 Å². The zero-order chi connectivity index (χ0) is 15.4. The number of thiophene rings is 1. The average molecular weight is 338 g/mol. The molecular formula is C14H18N4O2S2. The van der Waals surface area contributed by atoms with Gasteiger partial charge in [0, 0.05) is 13.7 Å². The van der Waals surface area contributed by atoms with Crippen molar-refractivity contribution in [1.29, 1.82) is 0 Å². The van der Waals surface area contributed by atoms with E-state index in [1.54, 1.807) is 18.4 Å². The van der Waals surface area contributed by atoms with Crippen LogP contribution in [0.1, 0.15) is 12.8 Å². The van der Waals surface area contributed by atoms with Crippen LogP contribution < -0.4 is 5.32 Å². The molecule has 22 heavy (non-hydrogen) atoms. The Balaban J connectivity index is 1.83. The Bertz CT molecular complexity index is 621. The van der Waals surface area contributed by atoms with Crippen molar-refractivity contribution in [1.82, 2.24) is 20.1 Å². The molecule has 1 atom stereocenters. The maximum atomic E-state index is 11.5. The van der Waals surface area contributed by atoms with E-state index in [0.29, 0.717) is 5.75 Å². The molecule has 8 heteroatoms. The molecule has 1 saturated heterocycles. The third-order valence-electron chi connectivity index (χ3n) is 3.48. The number of hydrogen-bond donors (Lipinski definition) is 1. The Hall–Kier alpha value is -1.38. The minimum Gasteiger partial charge on any atom is -0.376 e. The summed E-state index contributed by atoms with van der Waals surface area (Å²) in [5.41, 5.74) is 0. The summed E-state index contributed by atoms with van der Waals surface area (Å²) in [7, 11) is 1.64. The van der Waals surface area contributed by atoms with Gasteiger partial charge in [0.25, 0.3) is 0 Å². The summed E-state index contributed by atoms with van der Waals surface area (Å²) in [6, 6.07) is 4.04. The minimum absolute atomic E-state index is 0.0191. The van der Waals surface area contributed by atoms with Crippen LogP contribution in [0.4, 0.5) is 0 Å². The van der Waals surface area contributed by atoms with Gasteiger partial charge in [-0.15, -0.1) is 21.5 Å². The van der Waals surface area contributed by atoms with E-state index in [0.717, 1.165) is 41.9 Å². The number of nitrogens with zero attached hydrogens (tertiary/aromatic N) is 3. The van der Waals surface area contributed by atoms with E-state index >= 15 is 0 Å². The maximum absolute atomic E-state index is 11.5. The van der Waals surface area contributed by atoms with Crippen LogP contribution >= 0.6 is 23.1 Å². The summed E-state index contributed by atoms with van der Waals surface area (Å²) in [5, 5.41) is 14.0. The van der Waals surface area contributed by atoms with Crippen LogP contribution in [-0.4, -0.2) is 46.2 Å². The highest BCUT2D eigenvalue weighted by Crippen LogP contribution is 2.28. The molecule has 0 saturated carbocycles. The van der Waals surface area contributed by atoms with Crippen molar-refractivity contribution in [3.05, 3.63) is 17.5 Å². The Labute approximate surface area is 137 Å². The zero-order valence-corrected chi connectivity index (χ0v) is 14.0. The lowest BCUT2D eigenvalue weighted by atomic mass is 10.2. The van der Waals surface area contributed by atoms with Gasteiger partial charge in [-0.1, -0.05) is 17.8 Å². The van der Waals surface area contributed by atoms with Crippen LogP contribution in [0.3, 0.4) is 0 Å². The third-order valence-corrected chi connectivity index (χ3v) is 5.31. The molecule has 0 aliphatic carbocycles. The summed E-state index contributed by atoms with van der Waals surface area (Å²) in [5.74, 6) is 1.17. The third kappa shape index (κ3) is 3.50. The largest absolute Gasteiger partial charge is 0.376 e. The van der Waals surface area contributed by atoms with Gasteiger partial charge in [-0.25, -0.2) is 0 Å². The minimum atomic E-state index is -0.0191. The predicted octanol–water partition coefficient (Wildman–Crippen LogP) is 2.02. The number of nitrogens with one attached hydrogen (secondary N) is 1. The van der Waals surface area contributed by atoms with Crippen molar-refractivity contribution >= 4 is 29.0 Å². The van der Waals surface area contributed by atoms with Crippen molar-refractivity contribution in [2.24, 2.45) is 0 Å². The second kappa shape index (κ2) is 7.26. The molecule has 1 aliphatic rings.